The van der Waals surface area contributed by atoms with Gasteiger partial charge in [-0.3, -0.25) is 4.79 Å². The van der Waals surface area contributed by atoms with Crippen molar-refractivity contribution in [3.05, 3.63) is 54.4 Å². The summed E-state index contributed by atoms with van der Waals surface area (Å²) < 4.78 is 40.8. The van der Waals surface area contributed by atoms with Gasteiger partial charge in [-0.05, 0) is 55.3 Å². The Bertz CT molecular complexity index is 1080. The second kappa shape index (κ2) is 8.45. The van der Waals surface area contributed by atoms with Gasteiger partial charge in [0.2, 0.25) is 0 Å². The molecule has 4 rings (SSSR count). The first-order chi connectivity index (χ1) is 14.8. The van der Waals surface area contributed by atoms with Gasteiger partial charge in [-0.25, -0.2) is 9.97 Å². The Hall–Kier alpha value is -3.30. The Morgan fingerprint density at radius 1 is 1.10 bits per heavy atom. The summed E-state index contributed by atoms with van der Waals surface area (Å²) in [6, 6.07) is 10.5. The molecule has 0 spiro atoms. The summed E-state index contributed by atoms with van der Waals surface area (Å²) in [5, 5.41) is 3.73. The van der Waals surface area contributed by atoms with Gasteiger partial charge < -0.3 is 15.0 Å². The van der Waals surface area contributed by atoms with Crippen molar-refractivity contribution in [2.24, 2.45) is 0 Å². The second-order valence-corrected chi connectivity index (χ2v) is 7.28. The number of amides is 1. The monoisotopic (exact) mass is 426 g/mol. The Morgan fingerprint density at radius 3 is 2.48 bits per heavy atom. The summed E-state index contributed by atoms with van der Waals surface area (Å²) in [5.74, 6) is 0.225. The van der Waals surface area contributed by atoms with Crippen molar-refractivity contribution in [1.82, 2.24) is 14.9 Å². The van der Waals surface area contributed by atoms with Gasteiger partial charge in [0, 0.05) is 29.7 Å². The van der Waals surface area contributed by atoms with Crippen LogP contribution in [0.1, 0.15) is 23.2 Å². The van der Waals surface area contributed by atoms with Gasteiger partial charge in [-0.1, -0.05) is 5.82 Å². The van der Waals surface area contributed by atoms with Crippen LogP contribution in [0.25, 0.3) is 10.9 Å². The van der Waals surface area contributed by atoms with Crippen LogP contribution in [0.15, 0.2) is 48.8 Å². The van der Waals surface area contributed by atoms with Crippen LogP contribution in [0.3, 0.4) is 0 Å². The van der Waals surface area contributed by atoms with Crippen LogP contribution in [-0.4, -0.2) is 48.1 Å². The quantitative estimate of drug-likeness (QED) is 0.624. The SMILES string of the molecule is [B]C1CCN(C(=O)c2ccc3c(Nc4ccc(OC(F)(F)F)cc4)ncnc3c2)CC1. The molecule has 0 atom stereocenters. The minimum atomic E-state index is -4.74. The molecule has 0 aliphatic carbocycles. The van der Waals surface area contributed by atoms with E-state index >= 15 is 0 Å². The predicted molar refractivity (Wildman–Crippen MR) is 111 cm³/mol. The summed E-state index contributed by atoms with van der Waals surface area (Å²) >= 11 is 0. The molecular weight excluding hydrogens is 408 g/mol. The van der Waals surface area contributed by atoms with Crippen LogP contribution in [0, 0.1) is 0 Å². The van der Waals surface area contributed by atoms with Crippen molar-refractivity contribution < 1.29 is 22.7 Å². The molecule has 1 fully saturated rings. The highest BCUT2D eigenvalue weighted by molar-refractivity contribution is 6.11. The van der Waals surface area contributed by atoms with Crippen molar-refractivity contribution in [2.75, 3.05) is 18.4 Å². The maximum atomic E-state index is 12.8. The van der Waals surface area contributed by atoms with E-state index in [0.29, 0.717) is 41.1 Å². The summed E-state index contributed by atoms with van der Waals surface area (Å²) in [7, 11) is 5.91. The van der Waals surface area contributed by atoms with E-state index in [-0.39, 0.29) is 17.5 Å². The summed E-state index contributed by atoms with van der Waals surface area (Å²) in [6.45, 7) is 1.26. The normalized spacial score (nSPS) is 15.1. The number of ether oxygens (including phenoxy) is 1. The number of carbonyl (C=O) groups is 1. The zero-order valence-corrected chi connectivity index (χ0v) is 16.4. The van der Waals surface area contributed by atoms with Gasteiger partial charge >= 0.3 is 6.36 Å². The molecule has 2 aromatic carbocycles. The van der Waals surface area contributed by atoms with Crippen molar-refractivity contribution in [3.8, 4) is 5.75 Å². The number of alkyl halides is 3. The third-order valence-corrected chi connectivity index (χ3v) is 5.06. The van der Waals surface area contributed by atoms with E-state index in [4.69, 9.17) is 7.85 Å². The molecule has 3 aromatic rings. The zero-order valence-electron chi connectivity index (χ0n) is 16.4. The zero-order chi connectivity index (χ0) is 22.0. The maximum Gasteiger partial charge on any atom is 0.573 e. The standard InChI is InChI=1S/C21H18BF3N4O2/c22-14-7-9-29(10-8-14)20(30)13-1-6-17-18(11-13)26-12-27-19(17)28-15-2-4-16(5-3-15)31-21(23,24)25/h1-6,11-12,14H,7-10H2,(H,26,27,28). The molecule has 1 saturated heterocycles. The largest absolute Gasteiger partial charge is 0.573 e. The molecule has 2 heterocycles. The van der Waals surface area contributed by atoms with Gasteiger partial charge in [0.1, 0.15) is 17.9 Å². The number of fused-ring (bicyclic) bond motifs is 1. The third-order valence-electron chi connectivity index (χ3n) is 5.06. The van der Waals surface area contributed by atoms with E-state index in [1.165, 1.54) is 30.6 Å². The number of likely N-dealkylation sites (tertiary alicyclic amines) is 1. The molecule has 0 saturated carbocycles. The van der Waals surface area contributed by atoms with E-state index in [2.05, 4.69) is 20.0 Å². The first-order valence-corrected chi connectivity index (χ1v) is 9.71. The smallest absolute Gasteiger partial charge is 0.406 e. The topological polar surface area (TPSA) is 67.4 Å². The number of hydrogen-bond donors (Lipinski definition) is 1. The van der Waals surface area contributed by atoms with Crippen LogP contribution in [0.4, 0.5) is 24.7 Å². The first kappa shape index (κ1) is 21.0. The Kier molecular flexibility index (Phi) is 5.71. The first-order valence-electron chi connectivity index (χ1n) is 9.71. The number of nitrogens with one attached hydrogen (secondary N) is 1. The second-order valence-electron chi connectivity index (χ2n) is 7.28. The molecule has 1 aromatic heterocycles. The van der Waals surface area contributed by atoms with Crippen molar-refractivity contribution >= 4 is 36.2 Å². The van der Waals surface area contributed by atoms with Crippen molar-refractivity contribution in [1.29, 1.82) is 0 Å². The molecule has 10 heteroatoms. The number of carbonyl (C=O) groups excluding carboxylic acids is 1. The molecule has 0 bridgehead atoms. The number of rotatable bonds is 4. The number of aromatic nitrogens is 2. The highest BCUT2D eigenvalue weighted by Gasteiger charge is 2.31. The fourth-order valence-electron chi connectivity index (χ4n) is 3.45. The summed E-state index contributed by atoms with van der Waals surface area (Å²) in [6.07, 6.45) is -1.82. The van der Waals surface area contributed by atoms with Crippen LogP contribution in [-0.2, 0) is 0 Å². The summed E-state index contributed by atoms with van der Waals surface area (Å²) in [4.78, 5) is 23.0. The highest BCUT2D eigenvalue weighted by Crippen LogP contribution is 2.28. The minimum absolute atomic E-state index is 0.0674. The molecule has 1 aliphatic rings. The van der Waals surface area contributed by atoms with Crippen molar-refractivity contribution in [3.63, 3.8) is 0 Å². The summed E-state index contributed by atoms with van der Waals surface area (Å²) in [5.41, 5.74) is 1.63. The number of anilines is 2. The molecular formula is C21H18BF3N4O2. The third kappa shape index (κ3) is 5.07. The van der Waals surface area contributed by atoms with E-state index in [1.54, 1.807) is 23.1 Å². The minimum Gasteiger partial charge on any atom is -0.406 e. The predicted octanol–water partition coefficient (Wildman–Crippen LogP) is 4.47. The van der Waals surface area contributed by atoms with Crippen LogP contribution >= 0.6 is 0 Å². The van der Waals surface area contributed by atoms with E-state index in [9.17, 15) is 18.0 Å². The Labute approximate surface area is 177 Å². The van der Waals surface area contributed by atoms with Crippen LogP contribution in [0.2, 0.25) is 5.82 Å². The molecule has 0 unspecified atom stereocenters. The molecule has 1 N–H and O–H groups in total. The number of nitrogens with zero attached hydrogens (tertiary/aromatic N) is 3. The van der Waals surface area contributed by atoms with E-state index < -0.39 is 6.36 Å². The van der Waals surface area contributed by atoms with Gasteiger partial charge in [-0.15, -0.1) is 13.2 Å². The lowest BCUT2D eigenvalue weighted by Gasteiger charge is -2.30. The molecule has 1 amide bonds. The Balaban J connectivity index is 1.52. The fraction of sp³-hybridized carbons (Fsp3) is 0.286. The molecule has 1 aliphatic heterocycles. The van der Waals surface area contributed by atoms with E-state index in [0.717, 1.165) is 12.8 Å². The molecule has 6 nitrogen and oxygen atoms in total. The molecule has 158 valence electrons. The average Bonchev–Trinajstić information content (AvgIpc) is 2.74. The average molecular weight is 426 g/mol. The molecule has 2 radical (unpaired) electrons. The van der Waals surface area contributed by atoms with Gasteiger partial charge in [0.25, 0.3) is 5.91 Å². The fourth-order valence-corrected chi connectivity index (χ4v) is 3.45. The Morgan fingerprint density at radius 2 is 1.81 bits per heavy atom. The lowest BCUT2D eigenvalue weighted by Crippen LogP contribution is -2.37. The van der Waals surface area contributed by atoms with Gasteiger partial charge in [0.05, 0.1) is 13.4 Å². The lowest BCUT2D eigenvalue weighted by molar-refractivity contribution is -0.274. The van der Waals surface area contributed by atoms with Crippen molar-refractivity contribution in [2.45, 2.75) is 25.0 Å². The number of benzene rings is 2. The maximum absolute atomic E-state index is 12.8. The number of halogens is 3. The van der Waals surface area contributed by atoms with Crippen LogP contribution < -0.4 is 10.1 Å². The number of hydrogen-bond acceptors (Lipinski definition) is 5. The number of piperidine rings is 1. The van der Waals surface area contributed by atoms with Gasteiger partial charge in [-0.2, -0.15) is 0 Å². The lowest BCUT2D eigenvalue weighted by atomic mass is 9.79. The van der Waals surface area contributed by atoms with Crippen LogP contribution in [0.5, 0.6) is 5.75 Å². The van der Waals surface area contributed by atoms with Gasteiger partial charge in [0.15, 0.2) is 0 Å². The van der Waals surface area contributed by atoms with E-state index in [1.807, 2.05) is 0 Å². The highest BCUT2D eigenvalue weighted by atomic mass is 19.4. The molecule has 31 heavy (non-hydrogen) atoms.